The molecule has 0 aliphatic carbocycles. The van der Waals surface area contributed by atoms with E-state index in [1.165, 1.54) is 0 Å². The molecule has 0 spiro atoms. The molecule has 1 atom stereocenters. The summed E-state index contributed by atoms with van der Waals surface area (Å²) in [5.41, 5.74) is -4.22. The molecule has 1 aromatic carbocycles. The molecule has 228 valence electrons. The average molecular weight is 610 g/mol. The van der Waals surface area contributed by atoms with E-state index in [4.69, 9.17) is 0 Å². The maximum absolute atomic E-state index is 14.3. The van der Waals surface area contributed by atoms with Gasteiger partial charge in [-0.25, -0.2) is 0 Å². The summed E-state index contributed by atoms with van der Waals surface area (Å²) in [6.45, 7) is 5.19. The van der Waals surface area contributed by atoms with E-state index < -0.39 is 70.6 Å². The van der Waals surface area contributed by atoms with Gasteiger partial charge in [0.05, 0.1) is 12.0 Å². The number of hydrogen-bond donors (Lipinski definition) is 1. The van der Waals surface area contributed by atoms with Crippen LogP contribution in [0.4, 0.5) is 74.6 Å². The molecule has 0 heterocycles. The molecule has 0 aliphatic heterocycles. The van der Waals surface area contributed by atoms with Crippen LogP contribution >= 0.6 is 0 Å². The summed E-state index contributed by atoms with van der Waals surface area (Å²) in [4.78, 5) is 0. The van der Waals surface area contributed by atoms with Gasteiger partial charge in [0, 0.05) is 0 Å². The first-order valence-corrected chi connectivity index (χ1v) is 10.2. The van der Waals surface area contributed by atoms with Gasteiger partial charge in [-0.1, -0.05) is 45.0 Å². The molecule has 0 amide bonds. The van der Waals surface area contributed by atoms with Gasteiger partial charge in [0.25, 0.3) is 0 Å². The van der Waals surface area contributed by atoms with Crippen molar-refractivity contribution in [3.8, 4) is 0 Å². The molecule has 0 aliphatic rings. The molecular formula is C21H19F17O. The monoisotopic (exact) mass is 610 g/mol. The summed E-state index contributed by atoms with van der Waals surface area (Å²) in [6, 6.07) is 3.92. The van der Waals surface area contributed by atoms with Gasteiger partial charge >= 0.3 is 47.6 Å². The molecule has 1 rings (SSSR count). The summed E-state index contributed by atoms with van der Waals surface area (Å²) in [6.07, 6.45) is -10.8. The maximum atomic E-state index is 14.3. The smallest absolute Gasteiger partial charge is 0.385 e. The topological polar surface area (TPSA) is 20.2 Å². The van der Waals surface area contributed by atoms with Crippen molar-refractivity contribution in [1.82, 2.24) is 0 Å². The van der Waals surface area contributed by atoms with E-state index in [0.717, 1.165) is 24.3 Å². The summed E-state index contributed by atoms with van der Waals surface area (Å²) < 4.78 is 228. The first-order chi connectivity index (χ1) is 16.7. The second kappa shape index (κ2) is 9.26. The van der Waals surface area contributed by atoms with E-state index in [1.54, 1.807) is 20.8 Å². The predicted octanol–water partition coefficient (Wildman–Crippen LogP) is 8.59. The second-order valence-electron chi connectivity index (χ2n) is 9.93. The first kappa shape index (κ1) is 35.0. The van der Waals surface area contributed by atoms with Gasteiger partial charge in [0.2, 0.25) is 0 Å². The highest BCUT2D eigenvalue weighted by Gasteiger charge is 2.95. The molecular weight excluding hydrogens is 591 g/mol. The number of aliphatic hydroxyl groups is 1. The molecule has 0 radical (unpaired) electrons. The fraction of sp³-hybridized carbons (Fsp3) is 0.714. The molecule has 1 aromatic rings. The number of rotatable bonds is 9. The molecule has 1 nitrogen and oxygen atoms in total. The van der Waals surface area contributed by atoms with Crippen molar-refractivity contribution in [3.05, 3.63) is 35.4 Å². The van der Waals surface area contributed by atoms with Crippen molar-refractivity contribution < 1.29 is 79.7 Å². The lowest BCUT2D eigenvalue weighted by Gasteiger charge is -2.43. The Hall–Kier alpha value is -2.01. The van der Waals surface area contributed by atoms with Gasteiger partial charge in [0.15, 0.2) is 0 Å². The minimum Gasteiger partial charge on any atom is -0.385 e. The lowest BCUT2D eigenvalue weighted by atomic mass is 9.81. The van der Waals surface area contributed by atoms with E-state index in [0.29, 0.717) is 5.56 Å². The summed E-state index contributed by atoms with van der Waals surface area (Å²) >= 11 is 0. The van der Waals surface area contributed by atoms with Crippen molar-refractivity contribution in [2.75, 3.05) is 0 Å². The highest BCUT2D eigenvalue weighted by Crippen LogP contribution is 2.64. The lowest BCUT2D eigenvalue weighted by molar-refractivity contribution is -0.462. The largest absolute Gasteiger partial charge is 0.460 e. The fourth-order valence-electron chi connectivity index (χ4n) is 3.17. The van der Waals surface area contributed by atoms with E-state index in [-0.39, 0.29) is 6.92 Å². The van der Waals surface area contributed by atoms with Gasteiger partial charge in [-0.05, 0) is 23.5 Å². The van der Waals surface area contributed by atoms with Crippen LogP contribution in [0, 0.1) is 0 Å². The molecule has 0 bridgehead atoms. The Morgan fingerprint density at radius 2 is 0.744 bits per heavy atom. The molecule has 18 heteroatoms. The SMILES string of the molecule is CC(C)(C)c1ccc(C(C)(O)CC(F)(F)C(F)(F)C(F)(F)C(F)(F)C(F)(F)C(F)(F)C(F)(F)C(F)(F)F)cc1. The van der Waals surface area contributed by atoms with Gasteiger partial charge in [-0.2, -0.15) is 74.6 Å². The molecule has 39 heavy (non-hydrogen) atoms. The Kier molecular flexibility index (Phi) is 8.31. The lowest BCUT2D eigenvalue weighted by Crippen LogP contribution is -2.74. The minimum atomic E-state index is -8.69. The third kappa shape index (κ3) is 5.25. The van der Waals surface area contributed by atoms with E-state index in [9.17, 15) is 79.7 Å². The van der Waals surface area contributed by atoms with Gasteiger partial charge < -0.3 is 5.11 Å². The van der Waals surface area contributed by atoms with Gasteiger partial charge in [-0.15, -0.1) is 0 Å². The van der Waals surface area contributed by atoms with Crippen molar-refractivity contribution in [2.24, 2.45) is 0 Å². The van der Waals surface area contributed by atoms with Crippen LogP contribution in [0.5, 0.6) is 0 Å². The highest BCUT2D eigenvalue weighted by molar-refractivity contribution is 5.31. The van der Waals surface area contributed by atoms with Crippen LogP contribution in [0.3, 0.4) is 0 Å². The van der Waals surface area contributed by atoms with Gasteiger partial charge in [0.1, 0.15) is 0 Å². The Balaban J connectivity index is 3.58. The van der Waals surface area contributed by atoms with Crippen LogP contribution < -0.4 is 0 Å². The second-order valence-corrected chi connectivity index (χ2v) is 9.93. The predicted molar refractivity (Wildman–Crippen MR) is 100 cm³/mol. The Labute approximate surface area is 209 Å². The van der Waals surface area contributed by atoms with Crippen LogP contribution in [-0.2, 0) is 11.0 Å². The van der Waals surface area contributed by atoms with Gasteiger partial charge in [-0.3, -0.25) is 0 Å². The number of benzene rings is 1. The van der Waals surface area contributed by atoms with E-state index in [2.05, 4.69) is 0 Å². The molecule has 1 N–H and O–H groups in total. The summed E-state index contributed by atoms with van der Waals surface area (Å²) in [7, 11) is 0. The molecule has 0 saturated heterocycles. The summed E-state index contributed by atoms with van der Waals surface area (Å²) in [5, 5.41) is 10.2. The number of hydrogen-bond acceptors (Lipinski definition) is 1. The first-order valence-electron chi connectivity index (χ1n) is 10.2. The van der Waals surface area contributed by atoms with Crippen LogP contribution in [0.1, 0.15) is 45.2 Å². The zero-order chi connectivity index (χ0) is 31.7. The highest BCUT2D eigenvalue weighted by atomic mass is 19.4. The third-order valence-corrected chi connectivity index (χ3v) is 5.73. The van der Waals surface area contributed by atoms with Crippen LogP contribution in [0.15, 0.2) is 24.3 Å². The zero-order valence-electron chi connectivity index (χ0n) is 19.9. The molecule has 1 unspecified atom stereocenters. The van der Waals surface area contributed by atoms with Crippen LogP contribution in [0.2, 0.25) is 0 Å². The Bertz CT molecular complexity index is 1010. The van der Waals surface area contributed by atoms with Crippen LogP contribution in [-0.4, -0.2) is 52.7 Å². The average Bonchev–Trinajstić information content (AvgIpc) is 2.70. The zero-order valence-corrected chi connectivity index (χ0v) is 19.9. The van der Waals surface area contributed by atoms with Crippen molar-refractivity contribution >= 4 is 0 Å². The van der Waals surface area contributed by atoms with E-state index in [1.807, 2.05) is 0 Å². The third-order valence-electron chi connectivity index (χ3n) is 5.73. The molecule has 0 fully saturated rings. The Morgan fingerprint density at radius 1 is 0.462 bits per heavy atom. The molecule has 0 aromatic heterocycles. The van der Waals surface area contributed by atoms with Crippen molar-refractivity contribution in [2.45, 2.75) is 92.8 Å². The number of halogens is 17. The quantitative estimate of drug-likeness (QED) is 0.278. The maximum Gasteiger partial charge on any atom is 0.460 e. The van der Waals surface area contributed by atoms with E-state index >= 15 is 0 Å². The minimum absolute atomic E-state index is 0.270. The summed E-state index contributed by atoms with van der Waals surface area (Å²) in [5.74, 6) is -57.0. The molecule has 0 saturated carbocycles. The standard InChI is InChI=1S/C21H19F17O/c1-12(2,3)10-5-7-11(8-6-10)13(4,39)9-14(22,23)15(24,25)16(26,27)17(28,29)18(30,31)19(32,33)20(34,35)21(36,37)38/h5-8,39H,9H2,1-4H3. The normalized spacial score (nSPS) is 17.3. The number of alkyl halides is 17. The van der Waals surface area contributed by atoms with Crippen molar-refractivity contribution in [3.63, 3.8) is 0 Å². The Morgan fingerprint density at radius 3 is 1.05 bits per heavy atom. The van der Waals surface area contributed by atoms with Crippen molar-refractivity contribution in [1.29, 1.82) is 0 Å². The fourth-order valence-corrected chi connectivity index (χ4v) is 3.17. The van der Waals surface area contributed by atoms with Crippen LogP contribution in [0.25, 0.3) is 0 Å².